The van der Waals surface area contributed by atoms with Crippen molar-refractivity contribution in [2.24, 2.45) is 0 Å². The maximum absolute atomic E-state index is 7.19. The van der Waals surface area contributed by atoms with E-state index < -0.39 is 0 Å². The van der Waals surface area contributed by atoms with Gasteiger partial charge < -0.3 is 10.8 Å². The van der Waals surface area contributed by atoms with Crippen LogP contribution in [0.5, 0.6) is 5.75 Å². The second kappa shape index (κ2) is 1.97. The summed E-state index contributed by atoms with van der Waals surface area (Å²) in [4.78, 5) is 0. The van der Waals surface area contributed by atoms with Crippen LogP contribution < -0.4 is 5.73 Å². The molecule has 9 heavy (non-hydrogen) atoms. The number of nitrogens with two attached hydrogens (primary N) is 1. The van der Waals surface area contributed by atoms with E-state index in [1.807, 2.05) is 13.0 Å². The van der Waals surface area contributed by atoms with E-state index in [1.165, 1.54) is 0 Å². The van der Waals surface area contributed by atoms with Crippen LogP contribution in [0.1, 0.15) is 5.56 Å². The van der Waals surface area contributed by atoms with E-state index in [0.717, 1.165) is 5.56 Å². The molecule has 0 fully saturated rings. The van der Waals surface area contributed by atoms with E-state index >= 15 is 0 Å². The lowest BCUT2D eigenvalue weighted by molar-refractivity contribution is 0.478. The lowest BCUT2D eigenvalue weighted by atomic mass is 10.2. The van der Waals surface area contributed by atoms with Crippen LogP contribution in [0.25, 0.3) is 0 Å². The zero-order chi connectivity index (χ0) is 6.85. The zero-order valence-corrected chi connectivity index (χ0v) is 5.31. The van der Waals surface area contributed by atoms with Crippen LogP contribution in [0.2, 0.25) is 0 Å². The second-order valence-corrected chi connectivity index (χ2v) is 2.09. The predicted molar refractivity (Wildman–Crippen MR) is 38.7 cm³/mol. The molecule has 48 valence electrons. The summed E-state index contributed by atoms with van der Waals surface area (Å²) in [5.41, 5.74) is 7.08. The predicted octanol–water partition coefficient (Wildman–Crippen LogP) is 1.02. The topological polar surface area (TPSA) is 48.9 Å². The quantitative estimate of drug-likeness (QED) is 0.407. The van der Waals surface area contributed by atoms with E-state index in [2.05, 4.69) is 0 Å². The largest absolute Gasteiger partial charge is 0.592 e. The zero-order valence-electron chi connectivity index (χ0n) is 5.31. The summed E-state index contributed by atoms with van der Waals surface area (Å²) in [7, 11) is 0. The monoisotopic (exact) mass is 124 g/mol. The maximum atomic E-state index is 7.19. The molecule has 0 spiro atoms. The van der Waals surface area contributed by atoms with E-state index in [1.54, 1.807) is 12.1 Å². The molecule has 1 rings (SSSR count). The summed E-state index contributed by atoms with van der Waals surface area (Å²) >= 11 is 0. The summed E-state index contributed by atoms with van der Waals surface area (Å²) in [6.45, 7) is 1.95. The average Bonchev–Trinajstić information content (AvgIpc) is 1.80. The van der Waals surface area contributed by atoms with Gasteiger partial charge in [0, 0.05) is 6.07 Å². The Morgan fingerprint density at radius 1 is 1.44 bits per heavy atom. The Morgan fingerprint density at radius 2 is 2.11 bits per heavy atom. The lowest BCUT2D eigenvalue weighted by Gasteiger charge is -1.93. The van der Waals surface area contributed by atoms with Crippen LogP contribution in [0.4, 0.5) is 5.69 Å². The van der Waals surface area contributed by atoms with Crippen molar-refractivity contribution in [1.29, 1.82) is 0 Å². The van der Waals surface area contributed by atoms with Gasteiger partial charge in [-0.3, -0.25) is 0 Å². The molecule has 4 N–H and O–H groups in total. The van der Waals surface area contributed by atoms with Gasteiger partial charge >= 0.3 is 0 Å². The first-order valence-electron chi connectivity index (χ1n) is 2.78. The summed E-state index contributed by atoms with van der Waals surface area (Å²) in [6.07, 6.45) is 0. The fourth-order valence-electron chi connectivity index (χ4n) is 0.682. The van der Waals surface area contributed by atoms with E-state index in [4.69, 9.17) is 10.8 Å². The highest BCUT2D eigenvalue weighted by atomic mass is 16.3. The van der Waals surface area contributed by atoms with Gasteiger partial charge in [0.2, 0.25) is 0 Å². The molecule has 0 amide bonds. The van der Waals surface area contributed by atoms with Crippen molar-refractivity contribution >= 4 is 5.69 Å². The van der Waals surface area contributed by atoms with E-state index in [0.29, 0.717) is 11.4 Å². The Balaban J connectivity index is 3.17. The molecule has 1 aromatic carbocycles. The Hall–Kier alpha value is -1.18. The molecular formula is C7H10NO+. The molecule has 0 aliphatic rings. The van der Waals surface area contributed by atoms with E-state index in [9.17, 15) is 0 Å². The van der Waals surface area contributed by atoms with Crippen molar-refractivity contribution in [1.82, 2.24) is 0 Å². The van der Waals surface area contributed by atoms with Crippen molar-refractivity contribution < 1.29 is 5.11 Å². The highest BCUT2D eigenvalue weighted by Crippen LogP contribution is 2.19. The molecule has 1 aromatic rings. The standard InChI is InChI=1S/C7H9NO/c1-5-2-3-7(9)6(8)4-5/h2-4,9H,8H2,1H3/p+1. The smallest absolute Gasteiger partial charge is 0.277 e. The number of hydrogen-bond acceptors (Lipinski definition) is 1. The molecule has 2 heteroatoms. The third-order valence-electron chi connectivity index (χ3n) is 1.21. The molecule has 0 saturated heterocycles. The SMILES string of the molecule is Cc1ccc([OH2+])c(N)c1. The molecule has 0 bridgehead atoms. The van der Waals surface area contributed by atoms with Crippen molar-refractivity contribution in [3.8, 4) is 5.75 Å². The van der Waals surface area contributed by atoms with Gasteiger partial charge in [-0.05, 0) is 18.6 Å². The van der Waals surface area contributed by atoms with Crippen molar-refractivity contribution in [2.45, 2.75) is 6.92 Å². The molecule has 0 aliphatic heterocycles. The van der Waals surface area contributed by atoms with Crippen LogP contribution in [0.15, 0.2) is 18.2 Å². The van der Waals surface area contributed by atoms with Crippen molar-refractivity contribution in [3.63, 3.8) is 0 Å². The second-order valence-electron chi connectivity index (χ2n) is 2.09. The minimum Gasteiger partial charge on any atom is -0.592 e. The first-order valence-corrected chi connectivity index (χ1v) is 2.78. The van der Waals surface area contributed by atoms with Crippen molar-refractivity contribution in [3.05, 3.63) is 23.8 Å². The Bertz CT molecular complexity index is 220. The Morgan fingerprint density at radius 3 is 2.56 bits per heavy atom. The molecule has 0 aromatic heterocycles. The summed E-state index contributed by atoms with van der Waals surface area (Å²) in [5, 5.41) is 7.19. The molecule has 0 atom stereocenters. The molecule has 0 saturated carbocycles. The molecule has 0 heterocycles. The number of rotatable bonds is 0. The fraction of sp³-hybridized carbons (Fsp3) is 0.143. The van der Waals surface area contributed by atoms with Gasteiger partial charge in [-0.2, -0.15) is 0 Å². The van der Waals surface area contributed by atoms with Crippen LogP contribution in [-0.2, 0) is 0 Å². The van der Waals surface area contributed by atoms with Crippen LogP contribution in [0.3, 0.4) is 0 Å². The summed E-state index contributed by atoms with van der Waals surface area (Å²) in [6, 6.07) is 5.37. The van der Waals surface area contributed by atoms with Gasteiger partial charge in [-0.1, -0.05) is 6.07 Å². The Labute approximate surface area is 53.9 Å². The summed E-state index contributed by atoms with van der Waals surface area (Å²) in [5.74, 6) is 0.403. The van der Waals surface area contributed by atoms with Gasteiger partial charge in [0.1, 0.15) is 5.69 Å². The van der Waals surface area contributed by atoms with E-state index in [-0.39, 0.29) is 0 Å². The fourth-order valence-corrected chi connectivity index (χ4v) is 0.682. The van der Waals surface area contributed by atoms with Crippen molar-refractivity contribution in [2.75, 3.05) is 5.73 Å². The molecular weight excluding hydrogens is 114 g/mol. The maximum Gasteiger partial charge on any atom is 0.277 e. The number of aryl methyl sites for hydroxylation is 1. The molecule has 0 unspecified atom stereocenters. The highest BCUT2D eigenvalue weighted by molar-refractivity contribution is 5.52. The third kappa shape index (κ3) is 1.13. The third-order valence-corrected chi connectivity index (χ3v) is 1.21. The Kier molecular flexibility index (Phi) is 1.30. The van der Waals surface area contributed by atoms with Crippen LogP contribution >= 0.6 is 0 Å². The summed E-state index contributed by atoms with van der Waals surface area (Å²) < 4.78 is 0. The normalized spacial score (nSPS) is 9.44. The number of hydrogen-bond donors (Lipinski definition) is 1. The van der Waals surface area contributed by atoms with Gasteiger partial charge in [-0.25, -0.2) is 0 Å². The highest BCUT2D eigenvalue weighted by Gasteiger charge is 1.97. The number of benzene rings is 1. The first kappa shape index (κ1) is 5.95. The number of nitrogen functional groups attached to an aromatic ring is 1. The first-order chi connectivity index (χ1) is 4.20. The van der Waals surface area contributed by atoms with Crippen LogP contribution in [-0.4, -0.2) is 5.11 Å². The molecule has 0 aliphatic carbocycles. The number of anilines is 1. The minimum atomic E-state index is 0.403. The van der Waals surface area contributed by atoms with Gasteiger partial charge in [0.25, 0.3) is 5.75 Å². The molecule has 0 radical (unpaired) electrons. The van der Waals surface area contributed by atoms with Gasteiger partial charge in [0.15, 0.2) is 0 Å². The minimum absolute atomic E-state index is 0.403. The van der Waals surface area contributed by atoms with Gasteiger partial charge in [0.05, 0.1) is 0 Å². The van der Waals surface area contributed by atoms with Gasteiger partial charge in [-0.15, -0.1) is 0 Å². The average molecular weight is 124 g/mol. The molecule has 2 nitrogen and oxygen atoms in total. The van der Waals surface area contributed by atoms with Crippen LogP contribution in [0, 0.1) is 6.92 Å². The lowest BCUT2D eigenvalue weighted by Crippen LogP contribution is -1.85.